The van der Waals surface area contributed by atoms with E-state index in [9.17, 15) is 38.2 Å². The molecule has 0 aliphatic carbocycles. The van der Waals surface area contributed by atoms with Crippen LogP contribution in [0.15, 0.2) is 24.3 Å². The quantitative estimate of drug-likeness (QED) is 0.0193. The molecule has 1 amide bonds. The van der Waals surface area contributed by atoms with Crippen LogP contribution in [0.3, 0.4) is 0 Å². The molecule has 1 fully saturated rings. The molecule has 0 radical (unpaired) electrons. The van der Waals surface area contributed by atoms with Crippen LogP contribution in [0.5, 0.6) is 0 Å². The standard InChI is InChI=1S/C55H105NO11S/c1-3-5-7-9-11-13-15-17-18-19-20-21-22-23-24-25-26-27-28-29-30-31-32-33-35-37-39-41-43-45-51(59)56-48(49(58)44-42-40-38-36-34-16-14-12-10-8-6-4-2)47-65-55-53(61)54(67-68(62,63)64)52(60)50(46-57)66-55/h20-21,23-24,48-50,52-55,57-58,60-61H,3-19,22,25-47H2,1-2H3,(H,56,59)(H,62,63,64)/b21-20-,24-23-. The van der Waals surface area contributed by atoms with Crippen molar-refractivity contribution in [1.29, 1.82) is 0 Å². The summed E-state index contributed by atoms with van der Waals surface area (Å²) in [7, 11) is -5.08. The summed E-state index contributed by atoms with van der Waals surface area (Å²) in [6, 6.07) is -0.856. The fourth-order valence-electron chi connectivity index (χ4n) is 9.14. The van der Waals surface area contributed by atoms with Gasteiger partial charge >= 0.3 is 10.4 Å². The predicted octanol–water partition coefficient (Wildman–Crippen LogP) is 12.8. The summed E-state index contributed by atoms with van der Waals surface area (Å²) in [5, 5.41) is 45.0. The highest BCUT2D eigenvalue weighted by atomic mass is 32.3. The van der Waals surface area contributed by atoms with Crippen LogP contribution in [0.1, 0.15) is 264 Å². The molecule has 13 heteroatoms. The second-order valence-electron chi connectivity index (χ2n) is 19.9. The van der Waals surface area contributed by atoms with Gasteiger partial charge < -0.3 is 35.2 Å². The summed E-state index contributed by atoms with van der Waals surface area (Å²) in [6.07, 6.45) is 46.3. The molecule has 6 N–H and O–H groups in total. The first-order valence-electron chi connectivity index (χ1n) is 28.2. The number of ether oxygens (including phenoxy) is 2. The van der Waals surface area contributed by atoms with Crippen LogP contribution in [0.4, 0.5) is 0 Å². The fraction of sp³-hybridized carbons (Fsp3) is 0.909. The molecule has 12 nitrogen and oxygen atoms in total. The summed E-state index contributed by atoms with van der Waals surface area (Å²) in [5.41, 5.74) is 0. The van der Waals surface area contributed by atoms with Crippen molar-refractivity contribution in [2.45, 2.75) is 307 Å². The normalized spacial score (nSPS) is 19.9. The van der Waals surface area contributed by atoms with Crippen molar-refractivity contribution in [2.75, 3.05) is 13.2 Å². The Labute approximate surface area is 416 Å². The number of carbonyl (C=O) groups is 1. The van der Waals surface area contributed by atoms with E-state index in [2.05, 4.69) is 47.7 Å². The van der Waals surface area contributed by atoms with Gasteiger partial charge in [0.1, 0.15) is 24.4 Å². The topological polar surface area (TPSA) is 192 Å². The molecule has 7 unspecified atom stereocenters. The van der Waals surface area contributed by atoms with Crippen LogP contribution in [-0.4, -0.2) is 95.4 Å². The van der Waals surface area contributed by atoms with Gasteiger partial charge in [-0.1, -0.05) is 237 Å². The van der Waals surface area contributed by atoms with Gasteiger partial charge in [0.2, 0.25) is 5.91 Å². The van der Waals surface area contributed by atoms with Gasteiger partial charge in [-0.25, -0.2) is 4.18 Å². The summed E-state index contributed by atoms with van der Waals surface area (Å²) < 4.78 is 47.8. The third kappa shape index (κ3) is 37.4. The van der Waals surface area contributed by atoms with Crippen LogP contribution in [0, 0.1) is 0 Å². The number of hydrogen-bond donors (Lipinski definition) is 6. The van der Waals surface area contributed by atoms with E-state index >= 15 is 0 Å². The molecule has 7 atom stereocenters. The first kappa shape index (κ1) is 64.6. The Morgan fingerprint density at radius 3 is 1.40 bits per heavy atom. The number of aliphatic hydroxyl groups is 4. The Balaban J connectivity index is 2.27. The Morgan fingerprint density at radius 2 is 0.985 bits per heavy atom. The molecule has 402 valence electrons. The SMILES string of the molecule is CCCCCCCCCCC/C=C\C/C=C\CCCCCCCCCCCCCCCC(=O)NC(COC1OC(CO)C(O)C(OS(=O)(=O)O)C1O)C(O)CCCCCCCCCCCCCC. The maximum atomic E-state index is 13.1. The van der Waals surface area contributed by atoms with E-state index in [4.69, 9.17) is 9.47 Å². The molecule has 68 heavy (non-hydrogen) atoms. The molecular formula is C55H105NO11S. The highest BCUT2D eigenvalue weighted by Gasteiger charge is 2.48. The zero-order valence-electron chi connectivity index (χ0n) is 43.4. The van der Waals surface area contributed by atoms with Crippen LogP contribution < -0.4 is 5.32 Å². The van der Waals surface area contributed by atoms with Gasteiger partial charge in [0, 0.05) is 6.42 Å². The third-order valence-electron chi connectivity index (χ3n) is 13.5. The molecule has 1 aliphatic heterocycles. The maximum absolute atomic E-state index is 13.1. The Hall–Kier alpha value is -1.42. The minimum absolute atomic E-state index is 0.229. The van der Waals surface area contributed by atoms with Crippen molar-refractivity contribution >= 4 is 16.3 Å². The van der Waals surface area contributed by atoms with Gasteiger partial charge in [0.15, 0.2) is 6.29 Å². The van der Waals surface area contributed by atoms with Crippen molar-refractivity contribution in [1.82, 2.24) is 5.32 Å². The zero-order valence-corrected chi connectivity index (χ0v) is 44.3. The third-order valence-corrected chi connectivity index (χ3v) is 14.0. The smallest absolute Gasteiger partial charge is 0.394 e. The number of aliphatic hydroxyl groups excluding tert-OH is 4. The summed E-state index contributed by atoms with van der Waals surface area (Å²) >= 11 is 0. The Morgan fingerprint density at radius 1 is 0.588 bits per heavy atom. The van der Waals surface area contributed by atoms with Gasteiger partial charge in [0.25, 0.3) is 0 Å². The van der Waals surface area contributed by atoms with Gasteiger partial charge in [-0.15, -0.1) is 0 Å². The number of nitrogens with one attached hydrogen (secondary N) is 1. The number of rotatable bonds is 49. The highest BCUT2D eigenvalue weighted by Crippen LogP contribution is 2.26. The van der Waals surface area contributed by atoms with Crippen LogP contribution in [0.25, 0.3) is 0 Å². The van der Waals surface area contributed by atoms with E-state index in [1.165, 1.54) is 180 Å². The molecule has 0 bridgehead atoms. The maximum Gasteiger partial charge on any atom is 0.397 e. The Bertz CT molecular complexity index is 1300. The van der Waals surface area contributed by atoms with Crippen molar-refractivity contribution < 1.29 is 51.8 Å². The average Bonchev–Trinajstić information content (AvgIpc) is 3.31. The van der Waals surface area contributed by atoms with E-state index in [0.29, 0.717) is 12.8 Å². The number of amides is 1. The molecule has 0 aromatic heterocycles. The van der Waals surface area contributed by atoms with E-state index in [-0.39, 0.29) is 12.5 Å². The Kier molecular flexibility index (Phi) is 43.2. The monoisotopic (exact) mass is 988 g/mol. The molecule has 1 aliphatic rings. The lowest BCUT2D eigenvalue weighted by atomic mass is 9.99. The van der Waals surface area contributed by atoms with Crippen LogP contribution in [0.2, 0.25) is 0 Å². The fourth-order valence-corrected chi connectivity index (χ4v) is 9.65. The van der Waals surface area contributed by atoms with E-state index < -0.39 is 59.9 Å². The predicted molar refractivity (Wildman–Crippen MR) is 278 cm³/mol. The van der Waals surface area contributed by atoms with Gasteiger partial charge in [-0.05, 0) is 44.9 Å². The van der Waals surface area contributed by atoms with E-state index in [1.807, 2.05) is 0 Å². The average molecular weight is 989 g/mol. The first-order valence-corrected chi connectivity index (χ1v) is 29.6. The molecule has 0 saturated carbocycles. The van der Waals surface area contributed by atoms with Gasteiger partial charge in [-0.3, -0.25) is 9.35 Å². The van der Waals surface area contributed by atoms with Crippen molar-refractivity contribution in [3.63, 3.8) is 0 Å². The number of allylic oxidation sites excluding steroid dienone is 4. The van der Waals surface area contributed by atoms with Crippen molar-refractivity contribution in [3.05, 3.63) is 24.3 Å². The number of unbranched alkanes of at least 4 members (excludes halogenated alkanes) is 33. The van der Waals surface area contributed by atoms with Crippen molar-refractivity contribution in [2.24, 2.45) is 0 Å². The van der Waals surface area contributed by atoms with E-state index in [1.54, 1.807) is 0 Å². The highest BCUT2D eigenvalue weighted by molar-refractivity contribution is 7.80. The second-order valence-corrected chi connectivity index (χ2v) is 20.9. The molecule has 0 aromatic rings. The molecule has 0 spiro atoms. The first-order chi connectivity index (χ1) is 33.0. The van der Waals surface area contributed by atoms with Crippen molar-refractivity contribution in [3.8, 4) is 0 Å². The van der Waals surface area contributed by atoms with E-state index in [0.717, 1.165) is 57.8 Å². The number of hydrogen-bond acceptors (Lipinski definition) is 10. The van der Waals surface area contributed by atoms with Crippen LogP contribution >= 0.6 is 0 Å². The lowest BCUT2D eigenvalue weighted by Crippen LogP contribution is -2.61. The zero-order chi connectivity index (χ0) is 49.8. The second kappa shape index (κ2) is 45.4. The lowest BCUT2D eigenvalue weighted by Gasteiger charge is -2.41. The van der Waals surface area contributed by atoms with Crippen LogP contribution in [-0.2, 0) is 28.9 Å². The minimum Gasteiger partial charge on any atom is -0.394 e. The molecule has 1 rings (SSSR count). The largest absolute Gasteiger partial charge is 0.397 e. The number of carbonyl (C=O) groups excluding carboxylic acids is 1. The molecule has 0 aromatic carbocycles. The van der Waals surface area contributed by atoms with Gasteiger partial charge in [-0.2, -0.15) is 8.42 Å². The van der Waals surface area contributed by atoms with Gasteiger partial charge in [0.05, 0.1) is 25.4 Å². The summed E-state index contributed by atoms with van der Waals surface area (Å²) in [6.45, 7) is 3.46. The lowest BCUT2D eigenvalue weighted by molar-refractivity contribution is -0.298. The molecule has 1 heterocycles. The molecular weight excluding hydrogens is 883 g/mol. The minimum atomic E-state index is -5.08. The molecule has 1 saturated heterocycles. The summed E-state index contributed by atoms with van der Waals surface area (Å²) in [4.78, 5) is 13.1. The summed E-state index contributed by atoms with van der Waals surface area (Å²) in [5.74, 6) is -0.229.